The zero-order valence-electron chi connectivity index (χ0n) is 13.5. The summed E-state index contributed by atoms with van der Waals surface area (Å²) in [4.78, 5) is 25.5. The first-order valence-corrected chi connectivity index (χ1v) is 8.11. The SMILES string of the molecule is Cc1ccc(CN(C)C(=O)COC(=O)c2cc(Br)ccc2O)cc1. The number of ether oxygens (including phenoxy) is 1. The number of rotatable bonds is 5. The number of aryl methyl sites for hydroxylation is 1. The first kappa shape index (κ1) is 18.0. The third-order valence-electron chi connectivity index (χ3n) is 3.47. The van der Waals surface area contributed by atoms with Crippen molar-refractivity contribution in [1.29, 1.82) is 0 Å². The number of carbonyl (C=O) groups excluding carboxylic acids is 2. The molecule has 0 aliphatic heterocycles. The molecule has 0 heterocycles. The van der Waals surface area contributed by atoms with E-state index in [0.717, 1.165) is 11.1 Å². The van der Waals surface area contributed by atoms with E-state index in [9.17, 15) is 14.7 Å². The molecule has 0 saturated carbocycles. The standard InChI is InChI=1S/C18H18BrNO4/c1-12-3-5-13(6-4-12)10-20(2)17(22)11-24-18(23)15-9-14(19)7-8-16(15)21/h3-9,21H,10-11H2,1-2H3. The molecule has 0 bridgehead atoms. The lowest BCUT2D eigenvalue weighted by molar-refractivity contribution is -0.133. The number of nitrogens with zero attached hydrogens (tertiary/aromatic N) is 1. The molecule has 0 atom stereocenters. The molecule has 6 heteroatoms. The van der Waals surface area contributed by atoms with Crippen LogP contribution in [0.15, 0.2) is 46.9 Å². The van der Waals surface area contributed by atoms with Gasteiger partial charge in [-0.3, -0.25) is 4.79 Å². The highest BCUT2D eigenvalue weighted by molar-refractivity contribution is 9.10. The van der Waals surface area contributed by atoms with Crippen LogP contribution in [0.25, 0.3) is 0 Å². The van der Waals surface area contributed by atoms with Crippen molar-refractivity contribution in [2.75, 3.05) is 13.7 Å². The minimum Gasteiger partial charge on any atom is -0.507 e. The van der Waals surface area contributed by atoms with Crippen LogP contribution in [0.3, 0.4) is 0 Å². The molecule has 1 amide bonds. The zero-order chi connectivity index (χ0) is 17.7. The average molecular weight is 392 g/mol. The number of carbonyl (C=O) groups is 2. The Balaban J connectivity index is 1.91. The van der Waals surface area contributed by atoms with Gasteiger partial charge in [0.05, 0.1) is 0 Å². The first-order valence-electron chi connectivity index (χ1n) is 7.32. The predicted octanol–water partition coefficient (Wildman–Crippen LogP) is 3.28. The molecule has 0 saturated heterocycles. The molecule has 0 fully saturated rings. The summed E-state index contributed by atoms with van der Waals surface area (Å²) in [5.74, 6) is -1.26. The Morgan fingerprint density at radius 2 is 1.83 bits per heavy atom. The fraction of sp³-hybridized carbons (Fsp3) is 0.222. The lowest BCUT2D eigenvalue weighted by Gasteiger charge is -2.17. The zero-order valence-corrected chi connectivity index (χ0v) is 15.0. The van der Waals surface area contributed by atoms with E-state index in [2.05, 4.69) is 15.9 Å². The summed E-state index contributed by atoms with van der Waals surface area (Å²) in [6.07, 6.45) is 0. The lowest BCUT2D eigenvalue weighted by atomic mass is 10.1. The van der Waals surface area contributed by atoms with E-state index in [0.29, 0.717) is 11.0 Å². The minimum absolute atomic E-state index is 0.0124. The maximum atomic E-state index is 12.1. The highest BCUT2D eigenvalue weighted by atomic mass is 79.9. The number of benzene rings is 2. The summed E-state index contributed by atoms with van der Waals surface area (Å²) >= 11 is 3.22. The van der Waals surface area contributed by atoms with Gasteiger partial charge in [-0.05, 0) is 30.7 Å². The highest BCUT2D eigenvalue weighted by Gasteiger charge is 2.16. The topological polar surface area (TPSA) is 66.8 Å². The van der Waals surface area contributed by atoms with Crippen molar-refractivity contribution in [2.24, 2.45) is 0 Å². The molecule has 0 aliphatic carbocycles. The van der Waals surface area contributed by atoms with Gasteiger partial charge in [-0.2, -0.15) is 0 Å². The molecule has 0 radical (unpaired) electrons. The molecule has 0 unspecified atom stereocenters. The van der Waals surface area contributed by atoms with E-state index >= 15 is 0 Å². The second-order valence-corrected chi connectivity index (χ2v) is 6.39. The number of esters is 1. The van der Waals surface area contributed by atoms with Gasteiger partial charge in [-0.15, -0.1) is 0 Å². The largest absolute Gasteiger partial charge is 0.507 e. The Labute approximate surface area is 149 Å². The maximum absolute atomic E-state index is 12.1. The third-order valence-corrected chi connectivity index (χ3v) is 3.96. The highest BCUT2D eigenvalue weighted by Crippen LogP contribution is 2.22. The van der Waals surface area contributed by atoms with Crippen LogP contribution in [0.1, 0.15) is 21.5 Å². The predicted molar refractivity (Wildman–Crippen MR) is 93.7 cm³/mol. The monoisotopic (exact) mass is 391 g/mol. The van der Waals surface area contributed by atoms with Crippen molar-refractivity contribution < 1.29 is 19.4 Å². The Bertz CT molecular complexity index is 743. The van der Waals surface area contributed by atoms with Crippen molar-refractivity contribution >= 4 is 27.8 Å². The van der Waals surface area contributed by atoms with Gasteiger partial charge in [0.1, 0.15) is 11.3 Å². The second kappa shape index (κ2) is 7.97. The van der Waals surface area contributed by atoms with Crippen LogP contribution in [0.5, 0.6) is 5.75 Å². The molecule has 2 rings (SSSR count). The minimum atomic E-state index is -0.745. The van der Waals surface area contributed by atoms with Crippen molar-refractivity contribution in [3.63, 3.8) is 0 Å². The molecule has 5 nitrogen and oxygen atoms in total. The van der Waals surface area contributed by atoms with Crippen LogP contribution in [0.2, 0.25) is 0 Å². The molecule has 0 aliphatic rings. The van der Waals surface area contributed by atoms with E-state index in [-0.39, 0.29) is 23.8 Å². The summed E-state index contributed by atoms with van der Waals surface area (Å²) < 4.78 is 5.63. The van der Waals surface area contributed by atoms with Gasteiger partial charge in [0.2, 0.25) is 0 Å². The Morgan fingerprint density at radius 1 is 1.17 bits per heavy atom. The van der Waals surface area contributed by atoms with E-state index in [4.69, 9.17) is 4.74 Å². The van der Waals surface area contributed by atoms with Crippen molar-refractivity contribution in [2.45, 2.75) is 13.5 Å². The Morgan fingerprint density at radius 3 is 2.50 bits per heavy atom. The number of likely N-dealkylation sites (N-methyl/N-ethyl adjacent to an activating group) is 1. The summed E-state index contributed by atoms with van der Waals surface area (Å²) in [7, 11) is 1.65. The summed E-state index contributed by atoms with van der Waals surface area (Å²) in [5, 5.41) is 9.68. The quantitative estimate of drug-likeness (QED) is 0.794. The molecule has 2 aromatic carbocycles. The molecule has 0 aromatic heterocycles. The molecule has 2 aromatic rings. The number of phenolic OH excluding ortho intramolecular Hbond substituents is 1. The van der Waals surface area contributed by atoms with Gasteiger partial charge >= 0.3 is 5.97 Å². The van der Waals surface area contributed by atoms with Crippen molar-refractivity contribution in [3.8, 4) is 5.75 Å². The number of aromatic hydroxyl groups is 1. The maximum Gasteiger partial charge on any atom is 0.342 e. The average Bonchev–Trinajstić information content (AvgIpc) is 2.56. The summed E-state index contributed by atoms with van der Waals surface area (Å²) in [6, 6.07) is 12.3. The van der Waals surface area contributed by atoms with Crippen LogP contribution in [0, 0.1) is 6.92 Å². The van der Waals surface area contributed by atoms with Crippen LogP contribution in [-0.2, 0) is 16.1 Å². The molecule has 24 heavy (non-hydrogen) atoms. The molecular weight excluding hydrogens is 374 g/mol. The Kier molecular flexibility index (Phi) is 5.98. The van der Waals surface area contributed by atoms with Crippen LogP contribution < -0.4 is 0 Å². The van der Waals surface area contributed by atoms with E-state index in [1.54, 1.807) is 13.1 Å². The third kappa shape index (κ3) is 4.83. The number of phenols is 1. The van der Waals surface area contributed by atoms with Crippen molar-refractivity contribution in [1.82, 2.24) is 4.90 Å². The Hall–Kier alpha value is -2.34. The summed E-state index contributed by atoms with van der Waals surface area (Å²) in [5.41, 5.74) is 2.15. The fourth-order valence-electron chi connectivity index (χ4n) is 2.04. The molecule has 126 valence electrons. The molecule has 1 N–H and O–H groups in total. The fourth-order valence-corrected chi connectivity index (χ4v) is 2.40. The van der Waals surface area contributed by atoms with Crippen LogP contribution in [0.4, 0.5) is 0 Å². The first-order chi connectivity index (χ1) is 11.4. The van der Waals surface area contributed by atoms with Gasteiger partial charge in [0.15, 0.2) is 6.61 Å². The van der Waals surface area contributed by atoms with Gasteiger partial charge < -0.3 is 14.7 Å². The van der Waals surface area contributed by atoms with Crippen LogP contribution in [-0.4, -0.2) is 35.5 Å². The van der Waals surface area contributed by atoms with Gasteiger partial charge in [-0.25, -0.2) is 4.79 Å². The summed E-state index contributed by atoms with van der Waals surface area (Å²) in [6.45, 7) is 2.04. The number of amides is 1. The number of halogens is 1. The number of hydrogen-bond acceptors (Lipinski definition) is 4. The lowest BCUT2D eigenvalue weighted by Crippen LogP contribution is -2.30. The molecular formula is C18H18BrNO4. The van der Waals surface area contributed by atoms with Crippen molar-refractivity contribution in [3.05, 3.63) is 63.6 Å². The number of hydrogen-bond donors (Lipinski definition) is 1. The normalized spacial score (nSPS) is 10.3. The second-order valence-electron chi connectivity index (χ2n) is 5.47. The van der Waals surface area contributed by atoms with E-state index in [1.165, 1.54) is 17.0 Å². The van der Waals surface area contributed by atoms with Crippen LogP contribution >= 0.6 is 15.9 Å². The van der Waals surface area contributed by atoms with Gasteiger partial charge in [0, 0.05) is 18.1 Å². The van der Waals surface area contributed by atoms with E-state index < -0.39 is 5.97 Å². The molecule has 0 spiro atoms. The van der Waals surface area contributed by atoms with Gasteiger partial charge in [0.25, 0.3) is 5.91 Å². The smallest absolute Gasteiger partial charge is 0.342 e. The van der Waals surface area contributed by atoms with E-state index in [1.807, 2.05) is 31.2 Å². The van der Waals surface area contributed by atoms with Gasteiger partial charge in [-0.1, -0.05) is 45.8 Å².